The quantitative estimate of drug-likeness (QED) is 0.489. The van der Waals surface area contributed by atoms with E-state index in [9.17, 15) is 9.59 Å². The fourth-order valence-electron chi connectivity index (χ4n) is 2.33. The maximum absolute atomic E-state index is 11.9. The summed E-state index contributed by atoms with van der Waals surface area (Å²) in [5.74, 6) is 0.0659. The van der Waals surface area contributed by atoms with Gasteiger partial charge in [0.15, 0.2) is 18.1 Å². The molecule has 0 fully saturated rings. The molecule has 1 N–H and O–H groups in total. The number of nitrogens with one attached hydrogen (secondary N) is 1. The molecule has 7 nitrogen and oxygen atoms in total. The first kappa shape index (κ1) is 22.4. The number of hydrogen-bond acceptors (Lipinski definition) is 6. The third-order valence-corrected chi connectivity index (χ3v) is 4.49. The van der Waals surface area contributed by atoms with Crippen LogP contribution in [0, 0.1) is 0 Å². The number of ether oxygens (including phenoxy) is 4. The molecular formula is C20H19Cl2NO6. The zero-order valence-electron chi connectivity index (χ0n) is 16.0. The van der Waals surface area contributed by atoms with Gasteiger partial charge in [-0.05, 0) is 35.9 Å². The van der Waals surface area contributed by atoms with E-state index in [0.717, 1.165) is 0 Å². The Balaban J connectivity index is 1.97. The minimum absolute atomic E-state index is 0.205. The molecule has 9 heteroatoms. The molecule has 0 saturated heterocycles. The summed E-state index contributed by atoms with van der Waals surface area (Å²) < 4.78 is 20.7. The highest BCUT2D eigenvalue weighted by atomic mass is 35.5. The highest BCUT2D eigenvalue weighted by Gasteiger charge is 2.13. The lowest BCUT2D eigenvalue weighted by Gasteiger charge is -2.12. The average molecular weight is 440 g/mol. The Hall–Kier alpha value is -2.90. The van der Waals surface area contributed by atoms with Gasteiger partial charge in [-0.3, -0.25) is 4.79 Å². The fourth-order valence-corrected chi connectivity index (χ4v) is 2.68. The number of anilines is 1. The van der Waals surface area contributed by atoms with Gasteiger partial charge in [-0.1, -0.05) is 29.3 Å². The Morgan fingerprint density at radius 1 is 1.03 bits per heavy atom. The van der Waals surface area contributed by atoms with E-state index in [0.29, 0.717) is 33.5 Å². The van der Waals surface area contributed by atoms with Crippen molar-refractivity contribution in [1.29, 1.82) is 0 Å². The Kier molecular flexibility index (Phi) is 8.18. The lowest BCUT2D eigenvalue weighted by Crippen LogP contribution is -2.20. The fraction of sp³-hybridized carbons (Fsp3) is 0.200. The molecule has 0 radical (unpaired) electrons. The summed E-state index contributed by atoms with van der Waals surface area (Å²) in [6.45, 7) is -0.485. The lowest BCUT2D eigenvalue weighted by atomic mass is 10.1. The zero-order valence-corrected chi connectivity index (χ0v) is 17.5. The smallest absolute Gasteiger partial charge is 0.331 e. The number of hydrogen-bond donors (Lipinski definition) is 1. The summed E-state index contributed by atoms with van der Waals surface area (Å²) in [6.07, 6.45) is 2.68. The average Bonchev–Trinajstić information content (AvgIpc) is 2.73. The van der Waals surface area contributed by atoms with E-state index in [1.54, 1.807) is 30.3 Å². The molecule has 2 aromatic carbocycles. The maximum Gasteiger partial charge on any atom is 0.331 e. The third kappa shape index (κ3) is 6.04. The van der Waals surface area contributed by atoms with E-state index in [1.807, 2.05) is 0 Å². The normalized spacial score (nSPS) is 10.5. The summed E-state index contributed by atoms with van der Waals surface area (Å²) >= 11 is 11.9. The molecule has 29 heavy (non-hydrogen) atoms. The summed E-state index contributed by atoms with van der Waals surface area (Å²) in [5.41, 5.74) is 0.944. The Labute approximate surface area is 178 Å². The van der Waals surface area contributed by atoms with E-state index < -0.39 is 18.5 Å². The minimum atomic E-state index is -0.703. The molecule has 0 aliphatic heterocycles. The van der Waals surface area contributed by atoms with Crippen LogP contribution in [-0.4, -0.2) is 39.8 Å². The van der Waals surface area contributed by atoms with Crippen LogP contribution in [0.2, 0.25) is 10.0 Å². The van der Waals surface area contributed by atoms with Crippen molar-refractivity contribution in [2.45, 2.75) is 0 Å². The lowest BCUT2D eigenvalue weighted by molar-refractivity contribution is -0.142. The second kappa shape index (κ2) is 10.6. The molecule has 0 heterocycles. The summed E-state index contributed by atoms with van der Waals surface area (Å²) in [5, 5.41) is 3.02. The molecule has 154 valence electrons. The van der Waals surface area contributed by atoms with Crippen molar-refractivity contribution in [3.63, 3.8) is 0 Å². The van der Waals surface area contributed by atoms with E-state index in [2.05, 4.69) is 5.32 Å². The van der Waals surface area contributed by atoms with Gasteiger partial charge in [-0.2, -0.15) is 0 Å². The molecule has 0 aromatic heterocycles. The molecule has 0 aliphatic rings. The third-order valence-electron chi connectivity index (χ3n) is 3.67. The largest absolute Gasteiger partial charge is 0.493 e. The first-order chi connectivity index (χ1) is 13.9. The van der Waals surface area contributed by atoms with Gasteiger partial charge in [0.05, 0.1) is 37.1 Å². The van der Waals surface area contributed by atoms with E-state index in [4.69, 9.17) is 42.1 Å². The predicted octanol–water partition coefficient (Wildman–Crippen LogP) is 4.21. The van der Waals surface area contributed by atoms with Crippen molar-refractivity contribution in [2.75, 3.05) is 33.3 Å². The number of halogens is 2. The monoisotopic (exact) mass is 439 g/mol. The van der Waals surface area contributed by atoms with Crippen LogP contribution in [0.25, 0.3) is 6.08 Å². The van der Waals surface area contributed by atoms with Crippen LogP contribution in [0.1, 0.15) is 5.56 Å². The maximum atomic E-state index is 11.9. The molecule has 1 amide bonds. The van der Waals surface area contributed by atoms with E-state index in [1.165, 1.54) is 33.5 Å². The number of amides is 1. The van der Waals surface area contributed by atoms with Crippen LogP contribution in [0.5, 0.6) is 17.2 Å². The summed E-state index contributed by atoms with van der Waals surface area (Å²) in [6, 6.07) is 8.14. The standard InChI is InChI=1S/C20H19Cl2NO6/c1-26-15-9-12(10-16(27-2)20(15)28-3)7-8-18(25)29-11-17(24)23-14-6-4-5-13(21)19(14)22/h4-10H,11H2,1-3H3,(H,23,24). The van der Waals surface area contributed by atoms with Crippen molar-refractivity contribution in [1.82, 2.24) is 0 Å². The van der Waals surface area contributed by atoms with Crippen LogP contribution in [-0.2, 0) is 14.3 Å². The number of esters is 1. The van der Waals surface area contributed by atoms with Crippen molar-refractivity contribution < 1.29 is 28.5 Å². The molecule has 0 spiro atoms. The van der Waals surface area contributed by atoms with E-state index in [-0.39, 0.29) is 5.02 Å². The molecule has 0 atom stereocenters. The van der Waals surface area contributed by atoms with Crippen LogP contribution in [0.15, 0.2) is 36.4 Å². The first-order valence-electron chi connectivity index (χ1n) is 8.28. The Morgan fingerprint density at radius 3 is 2.28 bits per heavy atom. The van der Waals surface area contributed by atoms with Gasteiger partial charge in [0, 0.05) is 6.08 Å². The van der Waals surface area contributed by atoms with Crippen molar-refractivity contribution in [3.05, 3.63) is 52.0 Å². The number of rotatable bonds is 8. The molecule has 0 unspecified atom stereocenters. The molecular weight excluding hydrogens is 421 g/mol. The molecule has 2 aromatic rings. The van der Waals surface area contributed by atoms with Gasteiger partial charge in [-0.15, -0.1) is 0 Å². The van der Waals surface area contributed by atoms with Gasteiger partial charge in [0.25, 0.3) is 5.91 Å². The number of benzene rings is 2. The van der Waals surface area contributed by atoms with Gasteiger partial charge in [-0.25, -0.2) is 4.79 Å². The molecule has 2 rings (SSSR count). The first-order valence-corrected chi connectivity index (χ1v) is 9.04. The highest BCUT2D eigenvalue weighted by Crippen LogP contribution is 2.38. The van der Waals surface area contributed by atoms with Gasteiger partial charge in [0.2, 0.25) is 5.75 Å². The van der Waals surface area contributed by atoms with Crippen LogP contribution >= 0.6 is 23.2 Å². The number of carbonyl (C=O) groups excluding carboxylic acids is 2. The number of carbonyl (C=O) groups is 2. The molecule has 0 aliphatic carbocycles. The topological polar surface area (TPSA) is 83.1 Å². The highest BCUT2D eigenvalue weighted by molar-refractivity contribution is 6.44. The van der Waals surface area contributed by atoms with Gasteiger partial charge in [0.1, 0.15) is 0 Å². The van der Waals surface area contributed by atoms with Crippen LogP contribution < -0.4 is 19.5 Å². The summed E-state index contributed by atoms with van der Waals surface area (Å²) in [7, 11) is 4.47. The summed E-state index contributed by atoms with van der Waals surface area (Å²) in [4.78, 5) is 23.8. The zero-order chi connectivity index (χ0) is 21.4. The van der Waals surface area contributed by atoms with Crippen LogP contribution in [0.3, 0.4) is 0 Å². The number of methoxy groups -OCH3 is 3. The van der Waals surface area contributed by atoms with Crippen molar-refractivity contribution in [2.24, 2.45) is 0 Å². The Morgan fingerprint density at radius 2 is 1.69 bits per heavy atom. The molecule has 0 bridgehead atoms. The second-order valence-electron chi connectivity index (χ2n) is 5.55. The second-order valence-corrected chi connectivity index (χ2v) is 6.33. The minimum Gasteiger partial charge on any atom is -0.493 e. The van der Waals surface area contributed by atoms with Gasteiger partial charge >= 0.3 is 5.97 Å². The van der Waals surface area contributed by atoms with E-state index >= 15 is 0 Å². The van der Waals surface area contributed by atoms with Gasteiger partial charge < -0.3 is 24.3 Å². The molecule has 0 saturated carbocycles. The SMILES string of the molecule is COc1cc(C=CC(=O)OCC(=O)Nc2cccc(Cl)c2Cl)cc(OC)c1OC. The Bertz CT molecular complexity index is 904. The predicted molar refractivity (Wildman–Crippen MR) is 111 cm³/mol. The van der Waals surface area contributed by atoms with Crippen LogP contribution in [0.4, 0.5) is 5.69 Å². The van der Waals surface area contributed by atoms with Crippen molar-refractivity contribution in [3.8, 4) is 17.2 Å². The van der Waals surface area contributed by atoms with Crippen molar-refractivity contribution >= 4 is 46.8 Å².